The summed E-state index contributed by atoms with van der Waals surface area (Å²) in [5.74, 6) is 1.13. The number of hydrogen-bond acceptors (Lipinski definition) is 7. The highest BCUT2D eigenvalue weighted by molar-refractivity contribution is 5.80. The number of ether oxygens (including phenoxy) is 2. The predicted octanol–water partition coefficient (Wildman–Crippen LogP) is 3.59. The summed E-state index contributed by atoms with van der Waals surface area (Å²) >= 11 is 0. The van der Waals surface area contributed by atoms with Crippen LogP contribution in [0.1, 0.15) is 37.5 Å². The summed E-state index contributed by atoms with van der Waals surface area (Å²) in [6, 6.07) is 16.5. The fourth-order valence-electron chi connectivity index (χ4n) is 3.83. The van der Waals surface area contributed by atoms with Gasteiger partial charge < -0.3 is 9.47 Å². The minimum atomic E-state index is -0.932. The van der Waals surface area contributed by atoms with Crippen molar-refractivity contribution in [2.45, 2.75) is 39.0 Å². The van der Waals surface area contributed by atoms with Crippen molar-refractivity contribution in [2.75, 3.05) is 14.2 Å². The number of aryl methyl sites for hydroxylation is 1. The number of hydrogen-bond donors (Lipinski definition) is 1. The molecule has 4 rings (SSSR count). The molecule has 166 valence electrons. The fourth-order valence-corrected chi connectivity index (χ4v) is 3.83. The smallest absolute Gasteiger partial charge is 0.231 e. The van der Waals surface area contributed by atoms with Crippen LogP contribution < -0.4 is 0 Å². The van der Waals surface area contributed by atoms with Gasteiger partial charge in [0.15, 0.2) is 5.82 Å². The third-order valence-electron chi connectivity index (χ3n) is 5.67. The molecule has 2 aromatic carbocycles. The molecule has 0 aliphatic heterocycles. The molecule has 0 fully saturated rings. The van der Waals surface area contributed by atoms with E-state index in [-0.39, 0.29) is 0 Å². The maximum atomic E-state index is 5.61. The molecule has 0 unspecified atom stereocenters. The van der Waals surface area contributed by atoms with Gasteiger partial charge in [0.2, 0.25) is 11.6 Å². The van der Waals surface area contributed by atoms with Crippen molar-refractivity contribution in [3.63, 3.8) is 0 Å². The van der Waals surface area contributed by atoms with Crippen molar-refractivity contribution in [3.05, 3.63) is 65.7 Å². The summed E-state index contributed by atoms with van der Waals surface area (Å²) < 4.78 is 13.1. The highest BCUT2D eigenvalue weighted by Gasteiger charge is 2.35. The first-order valence-corrected chi connectivity index (χ1v) is 10.6. The molecule has 0 radical (unpaired) electrons. The number of H-pyrrole nitrogens is 1. The molecule has 9 nitrogen and oxygen atoms in total. The van der Waals surface area contributed by atoms with E-state index in [4.69, 9.17) is 14.5 Å². The quantitative estimate of drug-likeness (QED) is 0.402. The zero-order valence-electron chi connectivity index (χ0n) is 18.7. The van der Waals surface area contributed by atoms with Crippen molar-refractivity contribution >= 4 is 0 Å². The van der Waals surface area contributed by atoms with E-state index in [1.54, 1.807) is 14.2 Å². The highest BCUT2D eigenvalue weighted by Crippen LogP contribution is 2.30. The molecule has 0 atom stereocenters. The first-order chi connectivity index (χ1) is 15.6. The molecular weight excluding hydrogens is 406 g/mol. The van der Waals surface area contributed by atoms with Crippen molar-refractivity contribution in [1.29, 1.82) is 0 Å². The minimum absolute atomic E-state index is 0.549. The third kappa shape index (κ3) is 4.04. The van der Waals surface area contributed by atoms with Gasteiger partial charge in [-0.25, -0.2) is 14.8 Å². The Morgan fingerprint density at radius 3 is 2.28 bits per heavy atom. The van der Waals surface area contributed by atoms with Crippen LogP contribution in [0.5, 0.6) is 0 Å². The van der Waals surface area contributed by atoms with Gasteiger partial charge in [0.05, 0.1) is 0 Å². The molecule has 9 heteroatoms. The van der Waals surface area contributed by atoms with E-state index in [1.165, 1.54) is 0 Å². The second kappa shape index (κ2) is 9.37. The highest BCUT2D eigenvalue weighted by atomic mass is 16.7. The normalized spacial score (nSPS) is 11.8. The van der Waals surface area contributed by atoms with Crippen LogP contribution in [0, 0.1) is 0 Å². The monoisotopic (exact) mass is 433 g/mol. The van der Waals surface area contributed by atoms with Crippen LogP contribution in [0.25, 0.3) is 22.5 Å². The Bertz CT molecular complexity index is 1140. The number of aromatic nitrogens is 7. The lowest BCUT2D eigenvalue weighted by molar-refractivity contribution is -0.222. The number of tetrazole rings is 1. The van der Waals surface area contributed by atoms with Crippen molar-refractivity contribution in [2.24, 2.45) is 0 Å². The lowest BCUT2D eigenvalue weighted by Gasteiger charge is -2.26. The summed E-state index contributed by atoms with van der Waals surface area (Å²) in [5.41, 5.74) is 4.24. The Labute approximate surface area is 186 Å². The van der Waals surface area contributed by atoms with E-state index < -0.39 is 5.79 Å². The standard InChI is InChI=1S/C23H27N7O2/c1-5-23(31-3,32-4)22-24-20(30(6-2)27-22)15-16-11-13-17(14-12-16)18-9-7-8-10-19(18)21-25-28-29-26-21/h7-14H,5-6,15H2,1-4H3,(H,25,26,28,29). The number of nitrogens with zero attached hydrogens (tertiary/aromatic N) is 6. The molecule has 2 aromatic heterocycles. The van der Waals surface area contributed by atoms with Gasteiger partial charge in [-0.2, -0.15) is 5.10 Å². The third-order valence-corrected chi connectivity index (χ3v) is 5.67. The van der Waals surface area contributed by atoms with Crippen molar-refractivity contribution in [3.8, 4) is 22.5 Å². The van der Waals surface area contributed by atoms with Gasteiger partial charge in [0, 0.05) is 39.2 Å². The van der Waals surface area contributed by atoms with Gasteiger partial charge in [-0.15, -0.1) is 5.10 Å². The first kappa shape index (κ1) is 21.8. The molecule has 0 aliphatic carbocycles. The van der Waals surface area contributed by atoms with E-state index >= 15 is 0 Å². The fraction of sp³-hybridized carbons (Fsp3) is 0.348. The van der Waals surface area contributed by atoms with E-state index in [2.05, 4.69) is 56.1 Å². The Hall–Kier alpha value is -3.43. The molecule has 0 saturated carbocycles. The second-order valence-electron chi connectivity index (χ2n) is 7.35. The molecule has 0 amide bonds. The van der Waals surface area contributed by atoms with Crippen LogP contribution in [-0.2, 0) is 28.2 Å². The van der Waals surface area contributed by atoms with Crippen LogP contribution in [0.2, 0.25) is 0 Å². The Morgan fingerprint density at radius 2 is 1.69 bits per heavy atom. The van der Waals surface area contributed by atoms with Gasteiger partial charge in [0.25, 0.3) is 0 Å². The number of benzene rings is 2. The zero-order chi connectivity index (χ0) is 22.6. The lowest BCUT2D eigenvalue weighted by atomic mass is 9.98. The predicted molar refractivity (Wildman–Crippen MR) is 120 cm³/mol. The number of aromatic amines is 1. The van der Waals surface area contributed by atoms with Gasteiger partial charge in [-0.05, 0) is 34.0 Å². The molecule has 0 saturated heterocycles. The SMILES string of the molecule is CCn1nc(C(CC)(OC)OC)nc1Cc1ccc(-c2ccccc2-c2nnn[nH]2)cc1. The average molecular weight is 434 g/mol. The molecule has 32 heavy (non-hydrogen) atoms. The Morgan fingerprint density at radius 1 is 0.969 bits per heavy atom. The van der Waals surface area contributed by atoms with Crippen molar-refractivity contribution in [1.82, 2.24) is 35.4 Å². The van der Waals surface area contributed by atoms with Gasteiger partial charge in [-0.1, -0.05) is 55.5 Å². The molecule has 0 bridgehead atoms. The van der Waals surface area contributed by atoms with E-state index in [1.807, 2.05) is 36.7 Å². The summed E-state index contributed by atoms with van der Waals surface area (Å²) in [6.45, 7) is 4.75. The van der Waals surface area contributed by atoms with Gasteiger partial charge in [-0.3, -0.25) is 0 Å². The lowest BCUT2D eigenvalue weighted by Crippen LogP contribution is -2.31. The molecular formula is C23H27N7O2. The number of nitrogens with one attached hydrogen (secondary N) is 1. The Balaban J connectivity index is 1.61. The summed E-state index contributed by atoms with van der Waals surface area (Å²) in [4.78, 5) is 4.77. The Kier molecular flexibility index (Phi) is 6.38. The molecule has 0 spiro atoms. The van der Waals surface area contributed by atoms with E-state index in [9.17, 15) is 0 Å². The number of rotatable bonds is 9. The molecule has 0 aliphatic rings. The van der Waals surface area contributed by atoms with Crippen LogP contribution in [-0.4, -0.2) is 49.6 Å². The summed E-state index contributed by atoms with van der Waals surface area (Å²) in [7, 11) is 3.23. The van der Waals surface area contributed by atoms with E-state index in [0.29, 0.717) is 31.0 Å². The van der Waals surface area contributed by atoms with Crippen LogP contribution in [0.3, 0.4) is 0 Å². The zero-order valence-corrected chi connectivity index (χ0v) is 18.7. The summed E-state index contributed by atoms with van der Waals surface area (Å²) in [6.07, 6.45) is 1.27. The summed E-state index contributed by atoms with van der Waals surface area (Å²) in [5, 5.41) is 18.9. The maximum Gasteiger partial charge on any atom is 0.231 e. The topological polar surface area (TPSA) is 104 Å². The van der Waals surface area contributed by atoms with Gasteiger partial charge in [0.1, 0.15) is 5.82 Å². The first-order valence-electron chi connectivity index (χ1n) is 10.6. The molecule has 4 aromatic rings. The van der Waals surface area contributed by atoms with E-state index in [0.717, 1.165) is 28.1 Å². The van der Waals surface area contributed by atoms with Crippen LogP contribution >= 0.6 is 0 Å². The maximum absolute atomic E-state index is 5.61. The van der Waals surface area contributed by atoms with Crippen LogP contribution in [0.15, 0.2) is 48.5 Å². The van der Waals surface area contributed by atoms with Crippen LogP contribution in [0.4, 0.5) is 0 Å². The molecule has 2 heterocycles. The molecule has 1 N–H and O–H groups in total. The number of methoxy groups -OCH3 is 2. The largest absolute Gasteiger partial charge is 0.347 e. The second-order valence-corrected chi connectivity index (χ2v) is 7.35. The minimum Gasteiger partial charge on any atom is -0.347 e. The van der Waals surface area contributed by atoms with Crippen molar-refractivity contribution < 1.29 is 9.47 Å². The van der Waals surface area contributed by atoms with Gasteiger partial charge >= 0.3 is 0 Å². The average Bonchev–Trinajstić information content (AvgIpc) is 3.52.